The van der Waals surface area contributed by atoms with Gasteiger partial charge in [0.25, 0.3) is 0 Å². The van der Waals surface area contributed by atoms with E-state index in [9.17, 15) is 4.79 Å². The topological polar surface area (TPSA) is 20.3 Å². The molecule has 0 aromatic rings. The summed E-state index contributed by atoms with van der Waals surface area (Å²) >= 11 is 1.49. The van der Waals surface area contributed by atoms with Gasteiger partial charge >= 0.3 is 0 Å². The van der Waals surface area contributed by atoms with E-state index in [2.05, 4.69) is 11.8 Å². The van der Waals surface area contributed by atoms with Crippen LogP contribution in [0.3, 0.4) is 0 Å². The minimum atomic E-state index is 0.244. The van der Waals surface area contributed by atoms with Crippen molar-refractivity contribution in [3.8, 4) is 0 Å². The number of carbonyl (C=O) groups excluding carboxylic acids is 1. The zero-order valence-corrected chi connectivity index (χ0v) is 8.77. The number of thioether (sulfide) groups is 1. The molecule has 0 bridgehead atoms. The molecule has 1 atom stereocenters. The summed E-state index contributed by atoms with van der Waals surface area (Å²) in [5.74, 6) is 0. The minimum absolute atomic E-state index is 0.244. The molecule has 2 rings (SSSR count). The van der Waals surface area contributed by atoms with E-state index < -0.39 is 0 Å². The summed E-state index contributed by atoms with van der Waals surface area (Å²) in [6.45, 7) is 4.45. The molecular weight excluding hydrogens is 182 g/mol. The molecule has 2 nitrogen and oxygen atoms in total. The van der Waals surface area contributed by atoms with E-state index in [0.29, 0.717) is 5.25 Å². The second-order valence-corrected chi connectivity index (χ2v) is 4.80. The molecule has 3 heteroatoms. The summed E-state index contributed by atoms with van der Waals surface area (Å²) < 4.78 is 0. The van der Waals surface area contributed by atoms with Crippen LogP contribution in [-0.2, 0) is 4.79 Å². The largest absolute Gasteiger partial charge is 0.374 e. The summed E-state index contributed by atoms with van der Waals surface area (Å²) in [6.07, 6.45) is 5.47. The average molecular weight is 197 g/mol. The normalized spacial score (nSPS) is 28.4. The van der Waals surface area contributed by atoms with Crippen LogP contribution in [0.15, 0.2) is 11.8 Å². The quantitative estimate of drug-likeness (QED) is 0.675. The number of rotatable bonds is 2. The molecule has 13 heavy (non-hydrogen) atoms. The van der Waals surface area contributed by atoms with E-state index in [1.54, 1.807) is 0 Å². The fourth-order valence-corrected chi connectivity index (χ4v) is 2.98. The lowest BCUT2D eigenvalue weighted by molar-refractivity contribution is -0.106. The molecule has 0 aliphatic carbocycles. The van der Waals surface area contributed by atoms with Gasteiger partial charge in [0.1, 0.15) is 0 Å². The van der Waals surface area contributed by atoms with Crippen LogP contribution in [0.5, 0.6) is 0 Å². The van der Waals surface area contributed by atoms with Crippen molar-refractivity contribution in [2.45, 2.75) is 31.4 Å². The van der Waals surface area contributed by atoms with E-state index in [-0.39, 0.29) is 5.12 Å². The van der Waals surface area contributed by atoms with Crippen molar-refractivity contribution in [3.63, 3.8) is 0 Å². The van der Waals surface area contributed by atoms with Gasteiger partial charge in [-0.15, -0.1) is 0 Å². The number of likely N-dealkylation sites (tertiary alicyclic amines) is 1. The second-order valence-electron chi connectivity index (χ2n) is 3.60. The molecular formula is C10H15NOS. The molecule has 0 aromatic heterocycles. The Morgan fingerprint density at radius 3 is 2.85 bits per heavy atom. The first kappa shape index (κ1) is 9.13. The highest BCUT2D eigenvalue weighted by atomic mass is 32.2. The Hall–Kier alpha value is -0.440. The highest BCUT2D eigenvalue weighted by Gasteiger charge is 2.29. The van der Waals surface area contributed by atoms with Crippen LogP contribution in [0.1, 0.15) is 26.2 Å². The van der Waals surface area contributed by atoms with Gasteiger partial charge in [0.15, 0.2) is 0 Å². The Morgan fingerprint density at radius 2 is 2.23 bits per heavy atom. The summed E-state index contributed by atoms with van der Waals surface area (Å²) in [6, 6.07) is 0. The van der Waals surface area contributed by atoms with Gasteiger partial charge in [-0.2, -0.15) is 0 Å². The highest BCUT2D eigenvalue weighted by molar-refractivity contribution is 8.15. The number of nitrogens with zero attached hydrogens (tertiary/aromatic N) is 1. The number of carbonyl (C=O) groups is 1. The van der Waals surface area contributed by atoms with E-state index in [0.717, 1.165) is 19.5 Å². The summed E-state index contributed by atoms with van der Waals surface area (Å²) in [7, 11) is 0. The van der Waals surface area contributed by atoms with Gasteiger partial charge in [-0.3, -0.25) is 4.79 Å². The molecule has 0 amide bonds. The lowest BCUT2D eigenvalue weighted by Gasteiger charge is -2.23. The smallest absolute Gasteiger partial charge is 0.214 e. The fourth-order valence-electron chi connectivity index (χ4n) is 2.01. The maximum absolute atomic E-state index is 11.2. The van der Waals surface area contributed by atoms with Crippen molar-refractivity contribution in [3.05, 3.63) is 11.8 Å². The van der Waals surface area contributed by atoms with Crippen molar-refractivity contribution in [1.29, 1.82) is 0 Å². The number of hydrogen-bond acceptors (Lipinski definition) is 3. The summed E-state index contributed by atoms with van der Waals surface area (Å²) in [5.41, 5.74) is 1.29. The van der Waals surface area contributed by atoms with Crippen LogP contribution >= 0.6 is 11.8 Å². The van der Waals surface area contributed by atoms with Crippen molar-refractivity contribution >= 4 is 16.9 Å². The van der Waals surface area contributed by atoms with E-state index in [1.165, 1.54) is 30.3 Å². The minimum Gasteiger partial charge on any atom is -0.374 e. The molecule has 1 fully saturated rings. The lowest BCUT2D eigenvalue weighted by atomic mass is 10.2. The van der Waals surface area contributed by atoms with Gasteiger partial charge in [-0.05, 0) is 19.3 Å². The third-order valence-electron chi connectivity index (χ3n) is 2.70. The van der Waals surface area contributed by atoms with Crippen LogP contribution in [0.25, 0.3) is 0 Å². The van der Waals surface area contributed by atoms with Crippen LogP contribution in [0.4, 0.5) is 0 Å². The van der Waals surface area contributed by atoms with Gasteiger partial charge in [0.2, 0.25) is 5.12 Å². The van der Waals surface area contributed by atoms with Crippen LogP contribution < -0.4 is 0 Å². The Labute approximate surface area is 83.4 Å². The maximum atomic E-state index is 11.2. The van der Waals surface area contributed by atoms with Crippen molar-refractivity contribution in [2.75, 3.05) is 13.1 Å². The summed E-state index contributed by atoms with van der Waals surface area (Å²) in [4.78, 5) is 13.6. The van der Waals surface area contributed by atoms with Crippen LogP contribution in [-0.4, -0.2) is 28.4 Å². The summed E-state index contributed by atoms with van der Waals surface area (Å²) in [5, 5.41) is 0.680. The van der Waals surface area contributed by atoms with Gasteiger partial charge < -0.3 is 4.90 Å². The molecule has 2 aliphatic heterocycles. The first-order valence-corrected chi connectivity index (χ1v) is 5.86. The molecule has 2 aliphatic rings. The van der Waals surface area contributed by atoms with Crippen molar-refractivity contribution in [2.24, 2.45) is 0 Å². The van der Waals surface area contributed by atoms with Crippen LogP contribution in [0, 0.1) is 0 Å². The first-order valence-electron chi connectivity index (χ1n) is 4.98. The molecule has 0 N–H and O–H groups in total. The first-order chi connectivity index (χ1) is 6.31. The van der Waals surface area contributed by atoms with Gasteiger partial charge in [0.05, 0.1) is 5.25 Å². The zero-order valence-electron chi connectivity index (χ0n) is 7.95. The Balaban J connectivity index is 2.10. The third kappa shape index (κ3) is 1.75. The predicted octanol–water partition coefficient (Wildman–Crippen LogP) is 2.02. The molecule has 1 saturated heterocycles. The van der Waals surface area contributed by atoms with Crippen molar-refractivity contribution in [1.82, 2.24) is 4.90 Å². The predicted molar refractivity (Wildman–Crippen MR) is 55.6 cm³/mol. The Morgan fingerprint density at radius 1 is 1.54 bits per heavy atom. The molecule has 72 valence electrons. The molecule has 2 heterocycles. The van der Waals surface area contributed by atoms with E-state index >= 15 is 0 Å². The lowest BCUT2D eigenvalue weighted by Crippen LogP contribution is -2.23. The monoisotopic (exact) mass is 197 g/mol. The third-order valence-corrected chi connectivity index (χ3v) is 3.91. The average Bonchev–Trinajstić information content (AvgIpc) is 2.71. The maximum Gasteiger partial charge on any atom is 0.214 e. The Bertz CT molecular complexity index is 243. The van der Waals surface area contributed by atoms with E-state index in [1.807, 2.05) is 6.08 Å². The van der Waals surface area contributed by atoms with Gasteiger partial charge in [0, 0.05) is 24.9 Å². The molecule has 0 saturated carbocycles. The zero-order chi connectivity index (χ0) is 9.26. The fraction of sp³-hybridized carbons (Fsp3) is 0.700. The molecule has 1 unspecified atom stereocenters. The van der Waals surface area contributed by atoms with E-state index in [4.69, 9.17) is 0 Å². The standard InChI is InChI=1S/C10H15NOS/c1-2-9-8(7-10(12)13-9)11-5-3-4-6-11/h7,9H,2-6H2,1H3. The van der Waals surface area contributed by atoms with Gasteiger partial charge in [-0.1, -0.05) is 18.7 Å². The second kappa shape index (κ2) is 3.74. The number of hydrogen-bond donors (Lipinski definition) is 0. The van der Waals surface area contributed by atoms with Crippen LogP contribution in [0.2, 0.25) is 0 Å². The SMILES string of the molecule is CCC1SC(=O)C=C1N1CCCC1. The van der Waals surface area contributed by atoms with Gasteiger partial charge in [-0.25, -0.2) is 0 Å². The van der Waals surface area contributed by atoms with Crippen molar-refractivity contribution < 1.29 is 4.79 Å². The molecule has 0 aromatic carbocycles. The molecule has 0 radical (unpaired) electrons. The molecule has 0 spiro atoms. The highest BCUT2D eigenvalue weighted by Crippen LogP contribution is 2.34. The Kier molecular flexibility index (Phi) is 2.63.